The maximum atomic E-state index is 13.1. The van der Waals surface area contributed by atoms with Crippen LogP contribution in [0.15, 0.2) is 77.7 Å². The van der Waals surface area contributed by atoms with Crippen LogP contribution in [0.3, 0.4) is 0 Å². The first kappa shape index (κ1) is 23.6. The number of rotatable bonds is 9. The molecular formula is C23H23ClN2O5S. The van der Waals surface area contributed by atoms with E-state index in [4.69, 9.17) is 21.1 Å². The first-order chi connectivity index (χ1) is 15.3. The molecule has 2 N–H and O–H groups in total. The van der Waals surface area contributed by atoms with Gasteiger partial charge in [0.1, 0.15) is 6.04 Å². The molecule has 0 unspecified atom stereocenters. The summed E-state index contributed by atoms with van der Waals surface area (Å²) in [6.07, 6.45) is 0.153. The van der Waals surface area contributed by atoms with E-state index in [2.05, 4.69) is 10.0 Å². The Morgan fingerprint density at radius 1 is 0.938 bits per heavy atom. The number of benzene rings is 3. The highest BCUT2D eigenvalue weighted by atomic mass is 35.5. The van der Waals surface area contributed by atoms with Crippen LogP contribution in [0.25, 0.3) is 0 Å². The number of methoxy groups -OCH3 is 2. The van der Waals surface area contributed by atoms with Gasteiger partial charge in [-0.15, -0.1) is 0 Å². The summed E-state index contributed by atoms with van der Waals surface area (Å²) < 4.78 is 39.1. The number of hydrogen-bond donors (Lipinski definition) is 2. The lowest BCUT2D eigenvalue weighted by Gasteiger charge is -2.19. The molecule has 7 nitrogen and oxygen atoms in total. The van der Waals surface area contributed by atoms with Gasteiger partial charge in [0.25, 0.3) is 0 Å². The van der Waals surface area contributed by atoms with Gasteiger partial charge in [0.2, 0.25) is 15.9 Å². The molecule has 1 amide bonds. The summed E-state index contributed by atoms with van der Waals surface area (Å²) in [5.74, 6) is 0.143. The number of carbonyl (C=O) groups excluding carboxylic acids is 1. The first-order valence-corrected chi connectivity index (χ1v) is 11.5. The Balaban J connectivity index is 1.89. The number of hydrogen-bond acceptors (Lipinski definition) is 5. The standard InChI is InChI=1S/C23H23ClN2O5S/c1-30-21-12-11-19(15-22(21)31-2)32(28,29)26-20(13-16-7-4-3-5-8-16)23(27)25-18-10-6-9-17(24)14-18/h3-12,14-15,20,26H,13H2,1-2H3,(H,25,27)/t20-/m1/s1. The van der Waals surface area contributed by atoms with Crippen molar-refractivity contribution in [1.29, 1.82) is 0 Å². The fourth-order valence-corrected chi connectivity index (χ4v) is 4.47. The van der Waals surface area contributed by atoms with Crippen molar-refractivity contribution in [3.63, 3.8) is 0 Å². The van der Waals surface area contributed by atoms with Crippen LogP contribution < -0.4 is 19.5 Å². The summed E-state index contributed by atoms with van der Waals surface area (Å²) in [4.78, 5) is 13.0. The van der Waals surface area contributed by atoms with Gasteiger partial charge in [-0.25, -0.2) is 8.42 Å². The van der Waals surface area contributed by atoms with Gasteiger partial charge >= 0.3 is 0 Å². The van der Waals surface area contributed by atoms with Crippen LogP contribution >= 0.6 is 11.6 Å². The van der Waals surface area contributed by atoms with Gasteiger partial charge in [0, 0.05) is 16.8 Å². The summed E-state index contributed by atoms with van der Waals surface area (Å²) in [5.41, 5.74) is 1.26. The predicted octanol–water partition coefficient (Wildman–Crippen LogP) is 3.89. The minimum atomic E-state index is -4.06. The van der Waals surface area contributed by atoms with E-state index < -0.39 is 22.0 Å². The number of amides is 1. The fraction of sp³-hybridized carbons (Fsp3) is 0.174. The lowest BCUT2D eigenvalue weighted by Crippen LogP contribution is -2.45. The van der Waals surface area contributed by atoms with Crippen LogP contribution in [0.5, 0.6) is 11.5 Å². The van der Waals surface area contributed by atoms with Crippen LogP contribution in [0, 0.1) is 0 Å². The molecular weight excluding hydrogens is 452 g/mol. The Hall–Kier alpha value is -3.07. The fourth-order valence-electron chi connectivity index (χ4n) is 3.07. The maximum absolute atomic E-state index is 13.1. The van der Waals surface area contributed by atoms with E-state index in [1.165, 1.54) is 32.4 Å². The summed E-state index contributed by atoms with van der Waals surface area (Å²) in [6, 6.07) is 18.9. The highest BCUT2D eigenvalue weighted by Gasteiger charge is 2.27. The highest BCUT2D eigenvalue weighted by Crippen LogP contribution is 2.29. The molecule has 0 aromatic heterocycles. The van der Waals surface area contributed by atoms with E-state index in [9.17, 15) is 13.2 Å². The van der Waals surface area contributed by atoms with Crippen molar-refractivity contribution in [2.45, 2.75) is 17.4 Å². The Kier molecular flexibility index (Phi) is 7.74. The Morgan fingerprint density at radius 2 is 1.66 bits per heavy atom. The molecule has 0 bridgehead atoms. The molecule has 0 aliphatic heterocycles. The molecule has 168 valence electrons. The van der Waals surface area contributed by atoms with Crippen LogP contribution in [-0.4, -0.2) is 34.6 Å². The molecule has 0 fully saturated rings. The van der Waals surface area contributed by atoms with Crippen molar-refractivity contribution in [3.05, 3.63) is 83.4 Å². The highest BCUT2D eigenvalue weighted by molar-refractivity contribution is 7.89. The van der Waals surface area contributed by atoms with Crippen LogP contribution in [0.2, 0.25) is 5.02 Å². The van der Waals surface area contributed by atoms with Gasteiger partial charge in [0.05, 0.1) is 19.1 Å². The first-order valence-electron chi connectivity index (χ1n) is 9.67. The third-order valence-electron chi connectivity index (χ3n) is 4.65. The van der Waals surface area contributed by atoms with Crippen molar-refractivity contribution in [2.24, 2.45) is 0 Å². The van der Waals surface area contributed by atoms with Crippen LogP contribution in [0.1, 0.15) is 5.56 Å². The lowest BCUT2D eigenvalue weighted by atomic mass is 10.1. The minimum Gasteiger partial charge on any atom is -0.493 e. The third-order valence-corrected chi connectivity index (χ3v) is 6.36. The molecule has 3 rings (SSSR count). The minimum absolute atomic E-state index is 0.0521. The van der Waals surface area contributed by atoms with Crippen LogP contribution in [0.4, 0.5) is 5.69 Å². The largest absolute Gasteiger partial charge is 0.493 e. The number of anilines is 1. The Morgan fingerprint density at radius 3 is 2.31 bits per heavy atom. The maximum Gasteiger partial charge on any atom is 0.242 e. The third kappa shape index (κ3) is 6.00. The molecule has 0 aliphatic carbocycles. The molecule has 0 saturated heterocycles. The molecule has 32 heavy (non-hydrogen) atoms. The van der Waals surface area contributed by atoms with E-state index >= 15 is 0 Å². The number of ether oxygens (including phenoxy) is 2. The van der Waals surface area contributed by atoms with E-state index in [-0.39, 0.29) is 17.1 Å². The smallest absolute Gasteiger partial charge is 0.242 e. The summed E-state index contributed by atoms with van der Waals surface area (Å²) in [6.45, 7) is 0. The second-order valence-corrected chi connectivity index (χ2v) is 9.03. The van der Waals surface area contributed by atoms with Crippen molar-refractivity contribution in [1.82, 2.24) is 4.72 Å². The molecule has 3 aromatic rings. The SMILES string of the molecule is COc1ccc(S(=O)(=O)N[C@H](Cc2ccccc2)C(=O)Nc2cccc(Cl)c2)cc1OC. The van der Waals surface area contributed by atoms with Gasteiger partial charge in [0.15, 0.2) is 11.5 Å². The summed E-state index contributed by atoms with van der Waals surface area (Å²) in [5, 5.41) is 3.18. The topological polar surface area (TPSA) is 93.7 Å². The van der Waals surface area contributed by atoms with Gasteiger partial charge in [-0.3, -0.25) is 4.79 Å². The van der Waals surface area contributed by atoms with E-state index in [1.54, 1.807) is 24.3 Å². The quantitative estimate of drug-likeness (QED) is 0.490. The Bertz CT molecular complexity index is 1190. The molecule has 0 aliphatic rings. The van der Waals surface area contributed by atoms with Gasteiger partial charge < -0.3 is 14.8 Å². The van der Waals surface area contributed by atoms with Crippen molar-refractivity contribution >= 4 is 33.2 Å². The number of halogens is 1. The monoisotopic (exact) mass is 474 g/mol. The molecule has 3 aromatic carbocycles. The molecule has 0 heterocycles. The Labute approximate surface area is 192 Å². The van der Waals surface area contributed by atoms with E-state index in [0.29, 0.717) is 16.5 Å². The zero-order chi connectivity index (χ0) is 23.1. The molecule has 0 saturated carbocycles. The molecule has 0 spiro atoms. The molecule has 1 atom stereocenters. The van der Waals surface area contributed by atoms with Crippen molar-refractivity contribution in [3.8, 4) is 11.5 Å². The zero-order valence-corrected chi connectivity index (χ0v) is 19.1. The zero-order valence-electron chi connectivity index (χ0n) is 17.5. The lowest BCUT2D eigenvalue weighted by molar-refractivity contribution is -0.117. The number of nitrogens with one attached hydrogen (secondary N) is 2. The second kappa shape index (κ2) is 10.5. The number of carbonyl (C=O) groups is 1. The van der Waals surface area contributed by atoms with E-state index in [0.717, 1.165) is 5.56 Å². The summed E-state index contributed by atoms with van der Waals surface area (Å²) in [7, 11) is -1.18. The average Bonchev–Trinajstić information content (AvgIpc) is 2.78. The summed E-state index contributed by atoms with van der Waals surface area (Å²) >= 11 is 5.99. The average molecular weight is 475 g/mol. The van der Waals surface area contributed by atoms with Gasteiger partial charge in [-0.05, 0) is 42.3 Å². The number of sulfonamides is 1. The van der Waals surface area contributed by atoms with Gasteiger partial charge in [-0.1, -0.05) is 48.0 Å². The van der Waals surface area contributed by atoms with Crippen LogP contribution in [-0.2, 0) is 21.2 Å². The predicted molar refractivity (Wildman–Crippen MR) is 124 cm³/mol. The van der Waals surface area contributed by atoms with Crippen molar-refractivity contribution < 1.29 is 22.7 Å². The van der Waals surface area contributed by atoms with Gasteiger partial charge in [-0.2, -0.15) is 4.72 Å². The van der Waals surface area contributed by atoms with E-state index in [1.807, 2.05) is 30.3 Å². The van der Waals surface area contributed by atoms with Crippen molar-refractivity contribution in [2.75, 3.05) is 19.5 Å². The normalized spacial score (nSPS) is 12.1. The molecule has 0 radical (unpaired) electrons. The molecule has 9 heteroatoms. The second-order valence-electron chi connectivity index (χ2n) is 6.88.